The van der Waals surface area contributed by atoms with Gasteiger partial charge in [0.05, 0.1) is 0 Å². The quantitative estimate of drug-likeness (QED) is 0.825. The first-order valence-corrected chi connectivity index (χ1v) is 15.9. The number of aromatic nitrogens is 2. The number of carbonyl (C=O) groups is 1. The second-order valence-corrected chi connectivity index (χ2v) is 20.4. The van der Waals surface area contributed by atoms with E-state index in [1.165, 1.54) is 0 Å². The van der Waals surface area contributed by atoms with E-state index >= 15 is 0 Å². The Labute approximate surface area is 112 Å². The van der Waals surface area contributed by atoms with Crippen molar-refractivity contribution in [3.63, 3.8) is 0 Å². The van der Waals surface area contributed by atoms with Gasteiger partial charge in [-0.1, -0.05) is 0 Å². The van der Waals surface area contributed by atoms with Crippen molar-refractivity contribution in [3.8, 4) is 0 Å². The van der Waals surface area contributed by atoms with Gasteiger partial charge in [0.1, 0.15) is 0 Å². The van der Waals surface area contributed by atoms with Crippen LogP contribution in [-0.4, -0.2) is 40.0 Å². The number of hydrogen-bond donors (Lipinski definition) is 1. The number of nitrogens with one attached hydrogen (secondary N) is 1. The molecule has 1 N–H and O–H groups in total. The van der Waals surface area contributed by atoms with E-state index in [2.05, 4.69) is 30.1 Å². The van der Waals surface area contributed by atoms with Gasteiger partial charge in [0, 0.05) is 0 Å². The van der Waals surface area contributed by atoms with Crippen LogP contribution < -0.4 is 9.03 Å². The minimum absolute atomic E-state index is 0.313. The van der Waals surface area contributed by atoms with Crippen LogP contribution in [0.25, 0.3) is 0 Å². The number of ether oxygens (including phenoxy) is 1. The normalized spacial score (nSPS) is 12.1. The molecule has 18 heavy (non-hydrogen) atoms. The maximum atomic E-state index is 11.6. The Bertz CT molecular complexity index is 436. The Morgan fingerprint density at radius 2 is 1.94 bits per heavy atom. The molecule has 1 aromatic rings. The first-order valence-electron chi connectivity index (χ1n) is 5.91. The molecule has 1 aromatic heterocycles. The second-order valence-electron chi connectivity index (χ2n) is 6.14. The number of carbonyl (C=O) groups excluding carboxylic acids is 1. The first-order chi connectivity index (χ1) is 8.08. The second kappa shape index (κ2) is 5.42. The minimum atomic E-state index is -2.23. The summed E-state index contributed by atoms with van der Waals surface area (Å²) < 4.78 is 6.23. The fraction of sp³-hybridized carbons (Fsp3) is 0.583. The molecule has 1 amide bonds. The topological polar surface area (TPSA) is 64.1 Å². The Hall–Kier alpha value is -0.851. The Kier molecular flexibility index (Phi) is 4.58. The molecule has 0 saturated heterocycles. The molecule has 1 rings (SSSR count). The molecule has 6 heteroatoms. The van der Waals surface area contributed by atoms with Crippen molar-refractivity contribution in [3.05, 3.63) is 12.3 Å². The van der Waals surface area contributed by atoms with E-state index in [-0.39, 0.29) is 0 Å². The van der Waals surface area contributed by atoms with Crippen LogP contribution >= 0.6 is 0 Å². The molecule has 0 unspecified atom stereocenters. The average Bonchev–Trinajstić information content (AvgIpc) is 2.13. The van der Waals surface area contributed by atoms with Gasteiger partial charge >= 0.3 is 112 Å². The summed E-state index contributed by atoms with van der Waals surface area (Å²) in [5, 5.41) is 2.56. The van der Waals surface area contributed by atoms with Crippen LogP contribution in [-0.2, 0) is 4.74 Å². The van der Waals surface area contributed by atoms with Gasteiger partial charge in [0.2, 0.25) is 0 Å². The molecule has 0 bridgehead atoms. The molecule has 0 atom stereocenters. The Morgan fingerprint density at radius 1 is 1.33 bits per heavy atom. The van der Waals surface area contributed by atoms with Crippen molar-refractivity contribution in [1.29, 1.82) is 0 Å². The summed E-state index contributed by atoms with van der Waals surface area (Å²) in [5.74, 6) is 0.313. The van der Waals surface area contributed by atoms with Crippen LogP contribution in [0, 0.1) is 0 Å². The molecule has 0 aliphatic heterocycles. The van der Waals surface area contributed by atoms with Crippen molar-refractivity contribution in [2.75, 3.05) is 5.32 Å². The molecule has 0 saturated carbocycles. The number of rotatable bonds is 2. The molecule has 100 valence electrons. The van der Waals surface area contributed by atoms with Crippen LogP contribution in [0.3, 0.4) is 0 Å². The third-order valence-corrected chi connectivity index (χ3v) is 7.22. The van der Waals surface area contributed by atoms with E-state index in [1.807, 2.05) is 26.8 Å². The molecule has 5 nitrogen and oxygen atoms in total. The third kappa shape index (κ3) is 5.20. The molecule has 1 heterocycles. The zero-order valence-corrected chi connectivity index (χ0v) is 14.7. The Balaban J connectivity index is 2.77. The van der Waals surface area contributed by atoms with Gasteiger partial charge in [-0.3, -0.25) is 0 Å². The van der Waals surface area contributed by atoms with E-state index < -0.39 is 30.1 Å². The molecule has 0 aromatic carbocycles. The van der Waals surface area contributed by atoms with Gasteiger partial charge in [-0.25, -0.2) is 0 Å². The molecular weight excluding hydrogens is 337 g/mol. The van der Waals surface area contributed by atoms with Crippen LogP contribution in [0.4, 0.5) is 10.7 Å². The van der Waals surface area contributed by atoms with Crippen LogP contribution in [0.1, 0.15) is 20.8 Å². The summed E-state index contributed by atoms with van der Waals surface area (Å²) in [7, 11) is 0. The molecule has 0 aliphatic rings. The summed E-state index contributed by atoms with van der Waals surface area (Å²) in [6.07, 6.45) is 1.15. The van der Waals surface area contributed by atoms with Crippen molar-refractivity contribution in [2.24, 2.45) is 0 Å². The molecular formula is C12H21N3O2Sn. The van der Waals surface area contributed by atoms with Gasteiger partial charge in [-0.05, 0) is 0 Å². The fourth-order valence-electron chi connectivity index (χ4n) is 1.23. The van der Waals surface area contributed by atoms with E-state index in [9.17, 15) is 4.79 Å². The van der Waals surface area contributed by atoms with Gasteiger partial charge in [0.15, 0.2) is 0 Å². The van der Waals surface area contributed by atoms with Crippen molar-refractivity contribution >= 4 is 34.1 Å². The van der Waals surface area contributed by atoms with Gasteiger partial charge < -0.3 is 0 Å². The van der Waals surface area contributed by atoms with Gasteiger partial charge in [-0.2, -0.15) is 0 Å². The average molecular weight is 358 g/mol. The van der Waals surface area contributed by atoms with Crippen LogP contribution in [0.2, 0.25) is 14.8 Å². The number of hydrogen-bond acceptors (Lipinski definition) is 4. The van der Waals surface area contributed by atoms with Gasteiger partial charge in [0.25, 0.3) is 0 Å². The molecule has 0 aliphatic carbocycles. The van der Waals surface area contributed by atoms with Crippen molar-refractivity contribution in [2.45, 2.75) is 41.2 Å². The zero-order chi connectivity index (χ0) is 14.0. The van der Waals surface area contributed by atoms with Crippen molar-refractivity contribution in [1.82, 2.24) is 9.97 Å². The SMILES string of the molecule is CC(C)(C)OC(=O)Nc1ncc[c]([Sn]([CH3])([CH3])[CH3])n1. The molecule has 0 spiro atoms. The monoisotopic (exact) mass is 359 g/mol. The summed E-state index contributed by atoms with van der Waals surface area (Å²) >= 11 is -2.23. The molecule has 0 fully saturated rings. The number of amides is 1. The summed E-state index contributed by atoms with van der Waals surface area (Å²) in [5.41, 5.74) is -0.523. The fourth-order valence-corrected chi connectivity index (χ4v) is 4.13. The Morgan fingerprint density at radius 3 is 2.44 bits per heavy atom. The predicted molar refractivity (Wildman–Crippen MR) is 74.9 cm³/mol. The summed E-state index contributed by atoms with van der Waals surface area (Å²) in [6.45, 7) is 5.44. The predicted octanol–water partition coefficient (Wildman–Crippen LogP) is 2.37. The first kappa shape index (κ1) is 15.2. The van der Waals surface area contributed by atoms with Crippen LogP contribution in [0.5, 0.6) is 0 Å². The van der Waals surface area contributed by atoms with E-state index in [0.29, 0.717) is 5.95 Å². The molecule has 0 radical (unpaired) electrons. The van der Waals surface area contributed by atoms with Crippen molar-refractivity contribution < 1.29 is 9.53 Å². The summed E-state index contributed by atoms with van der Waals surface area (Å²) in [6, 6.07) is 1.93. The number of nitrogens with zero attached hydrogens (tertiary/aromatic N) is 2. The number of anilines is 1. The van der Waals surface area contributed by atoms with E-state index in [1.54, 1.807) is 6.20 Å². The maximum absolute atomic E-state index is 11.6. The standard InChI is InChI=1S/C9H12N3O2.3CH3.Sn/c1-9(2,3)14-8(13)12-7-10-5-4-6-11-7;;;;/h4-5H,1-3H3,(H,10,11,12,13);3*1H3;. The third-order valence-electron chi connectivity index (χ3n) is 2.04. The summed E-state index contributed by atoms with van der Waals surface area (Å²) in [4.78, 5) is 26.8. The van der Waals surface area contributed by atoms with Gasteiger partial charge in [-0.15, -0.1) is 0 Å². The zero-order valence-electron chi connectivity index (χ0n) is 11.9. The van der Waals surface area contributed by atoms with E-state index in [4.69, 9.17) is 4.74 Å². The van der Waals surface area contributed by atoms with E-state index in [0.717, 1.165) is 3.71 Å². The van der Waals surface area contributed by atoms with Crippen LogP contribution in [0.15, 0.2) is 12.3 Å².